The molecule has 2 aromatic carbocycles. The minimum absolute atomic E-state index is 0.0212. The normalized spacial score (nSPS) is 15.1. The summed E-state index contributed by atoms with van der Waals surface area (Å²) in [6.07, 6.45) is 3.83. The van der Waals surface area contributed by atoms with Crippen molar-refractivity contribution in [2.75, 3.05) is 0 Å². The molecule has 1 saturated carbocycles. The molecule has 0 aromatic heterocycles. The Bertz CT molecular complexity index is 1030. The van der Waals surface area contributed by atoms with Crippen LogP contribution < -0.4 is 0 Å². The van der Waals surface area contributed by atoms with Crippen molar-refractivity contribution < 1.29 is 25.9 Å². The van der Waals surface area contributed by atoms with Crippen molar-refractivity contribution >= 4 is 20.2 Å². The predicted octanol–water partition coefficient (Wildman–Crippen LogP) is 4.00. The molecule has 0 aliphatic heterocycles. The van der Waals surface area contributed by atoms with Crippen LogP contribution in [0.3, 0.4) is 0 Å². The summed E-state index contributed by atoms with van der Waals surface area (Å²) in [6.45, 7) is 3.70. The molecule has 0 unspecified atom stereocenters. The molecule has 0 heterocycles. The molecular weight excluding hydrogens is 412 g/mol. The molecule has 0 saturated heterocycles. The number of aryl methyl sites for hydroxylation is 2. The number of benzene rings is 2. The maximum atomic E-state index is 11.8. The average Bonchev–Trinajstić information content (AvgIpc) is 3.36. The lowest BCUT2D eigenvalue weighted by atomic mass is 9.87. The monoisotopic (exact) mass is 438 g/mol. The Balaban J connectivity index is 1.98. The average molecular weight is 439 g/mol. The maximum Gasteiger partial charge on any atom is 0.294 e. The van der Waals surface area contributed by atoms with Crippen LogP contribution in [0.25, 0.3) is 0 Å². The highest BCUT2D eigenvalue weighted by Crippen LogP contribution is 2.38. The van der Waals surface area contributed by atoms with E-state index in [1.54, 1.807) is 24.3 Å². The SMILES string of the molecule is Cc1ccc(S(=O)(=O)O)c(CC(Cc2cc(C)ccc2S(=O)(=O)O)CC2CC2)c1. The lowest BCUT2D eigenvalue weighted by molar-refractivity contribution is 0.439. The molecule has 1 aliphatic rings. The summed E-state index contributed by atoms with van der Waals surface area (Å²) in [4.78, 5) is -0.216. The van der Waals surface area contributed by atoms with Crippen molar-refractivity contribution in [3.8, 4) is 0 Å². The fourth-order valence-corrected chi connectivity index (χ4v) is 5.35. The van der Waals surface area contributed by atoms with Gasteiger partial charge in [-0.1, -0.05) is 48.2 Å². The first kappa shape index (κ1) is 22.0. The van der Waals surface area contributed by atoms with E-state index in [1.165, 1.54) is 12.1 Å². The molecule has 3 rings (SSSR count). The van der Waals surface area contributed by atoms with Gasteiger partial charge in [0.25, 0.3) is 20.2 Å². The van der Waals surface area contributed by atoms with Gasteiger partial charge in [-0.25, -0.2) is 0 Å². The minimum Gasteiger partial charge on any atom is -0.282 e. The Kier molecular flexibility index (Phi) is 6.19. The Morgan fingerprint density at radius 3 is 1.59 bits per heavy atom. The van der Waals surface area contributed by atoms with Gasteiger partial charge >= 0.3 is 0 Å². The van der Waals surface area contributed by atoms with Crippen molar-refractivity contribution in [3.05, 3.63) is 58.7 Å². The quantitative estimate of drug-likeness (QED) is 0.603. The molecule has 1 fully saturated rings. The van der Waals surface area contributed by atoms with Gasteiger partial charge in [-0.3, -0.25) is 9.11 Å². The van der Waals surface area contributed by atoms with Crippen molar-refractivity contribution in [1.82, 2.24) is 0 Å². The summed E-state index contributed by atoms with van der Waals surface area (Å²) in [7, 11) is -8.71. The summed E-state index contributed by atoms with van der Waals surface area (Å²) in [5.74, 6) is 0.519. The molecule has 1 aliphatic carbocycles. The van der Waals surface area contributed by atoms with Crippen molar-refractivity contribution in [1.29, 1.82) is 0 Å². The third kappa shape index (κ3) is 5.88. The summed E-state index contributed by atoms with van der Waals surface area (Å²) >= 11 is 0. The van der Waals surface area contributed by atoms with Gasteiger partial charge in [-0.05, 0) is 68.2 Å². The van der Waals surface area contributed by atoms with Gasteiger partial charge in [0, 0.05) is 0 Å². The zero-order valence-corrected chi connectivity index (χ0v) is 18.1. The van der Waals surface area contributed by atoms with Crippen molar-refractivity contribution in [3.63, 3.8) is 0 Å². The van der Waals surface area contributed by atoms with Crippen LogP contribution in [0.2, 0.25) is 0 Å². The van der Waals surface area contributed by atoms with Gasteiger partial charge in [-0.2, -0.15) is 16.8 Å². The van der Waals surface area contributed by atoms with Crippen molar-refractivity contribution in [2.24, 2.45) is 11.8 Å². The summed E-state index contributed by atoms with van der Waals surface area (Å²) in [5.41, 5.74) is 2.82. The van der Waals surface area contributed by atoms with Crippen LogP contribution in [0.5, 0.6) is 0 Å². The van der Waals surface area contributed by atoms with E-state index in [2.05, 4.69) is 0 Å². The number of hydrogen-bond donors (Lipinski definition) is 2. The van der Waals surface area contributed by atoms with Gasteiger partial charge in [0.1, 0.15) is 0 Å². The Morgan fingerprint density at radius 2 is 1.24 bits per heavy atom. The fourth-order valence-electron chi connectivity index (χ4n) is 3.92. The molecule has 0 amide bonds. The summed E-state index contributed by atoms with van der Waals surface area (Å²) in [5, 5.41) is 0. The first-order valence-electron chi connectivity index (χ1n) is 9.57. The zero-order chi connectivity index (χ0) is 21.4. The van der Waals surface area contributed by atoms with Gasteiger partial charge in [0.2, 0.25) is 0 Å². The van der Waals surface area contributed by atoms with Crippen LogP contribution in [-0.2, 0) is 33.1 Å². The third-order valence-corrected chi connectivity index (χ3v) is 7.28. The van der Waals surface area contributed by atoms with Crippen LogP contribution in [0, 0.1) is 25.7 Å². The Labute approximate surface area is 172 Å². The summed E-state index contributed by atoms with van der Waals surface area (Å²) < 4.78 is 66.5. The largest absolute Gasteiger partial charge is 0.294 e. The Morgan fingerprint density at radius 1 is 0.828 bits per heavy atom. The van der Waals surface area contributed by atoms with Crippen LogP contribution in [0.4, 0.5) is 0 Å². The van der Waals surface area contributed by atoms with Gasteiger partial charge < -0.3 is 0 Å². The van der Waals surface area contributed by atoms with E-state index in [-0.39, 0.29) is 15.7 Å². The van der Waals surface area contributed by atoms with E-state index in [9.17, 15) is 25.9 Å². The minimum atomic E-state index is -4.36. The first-order valence-corrected chi connectivity index (χ1v) is 12.5. The molecule has 2 N–H and O–H groups in total. The molecule has 158 valence electrons. The van der Waals surface area contributed by atoms with E-state index in [1.807, 2.05) is 13.8 Å². The van der Waals surface area contributed by atoms with Crippen LogP contribution in [0.1, 0.15) is 41.5 Å². The second-order valence-electron chi connectivity index (χ2n) is 8.13. The molecule has 29 heavy (non-hydrogen) atoms. The third-order valence-electron chi connectivity index (χ3n) is 5.37. The second kappa shape index (κ2) is 8.18. The van der Waals surface area contributed by atoms with Crippen molar-refractivity contribution in [2.45, 2.75) is 55.7 Å². The van der Waals surface area contributed by atoms with E-state index in [4.69, 9.17) is 0 Å². The Hall–Kier alpha value is -1.74. The lowest BCUT2D eigenvalue weighted by Crippen LogP contribution is -2.15. The standard InChI is InChI=1S/C21H26O6S2/c1-14-3-7-20(28(22,23)24)18(9-14)12-17(11-16-5-6-16)13-19-10-15(2)4-8-21(19)29(25,26)27/h3-4,7-10,16-17H,5-6,11-13H2,1-2H3,(H,22,23,24)(H,25,26,27). The zero-order valence-electron chi connectivity index (χ0n) is 16.5. The van der Waals surface area contributed by atoms with E-state index < -0.39 is 20.2 Å². The predicted molar refractivity (Wildman–Crippen MR) is 110 cm³/mol. The smallest absolute Gasteiger partial charge is 0.282 e. The van der Waals surface area contributed by atoms with Gasteiger partial charge in [0.15, 0.2) is 0 Å². The number of rotatable bonds is 8. The highest BCUT2D eigenvalue weighted by Gasteiger charge is 2.28. The first-order chi connectivity index (χ1) is 13.4. The van der Waals surface area contributed by atoms with E-state index >= 15 is 0 Å². The molecule has 0 radical (unpaired) electrons. The van der Waals surface area contributed by atoms with Crippen LogP contribution in [0.15, 0.2) is 46.2 Å². The molecular formula is C21H26O6S2. The van der Waals surface area contributed by atoms with Crippen LogP contribution in [-0.4, -0.2) is 25.9 Å². The molecule has 0 atom stereocenters. The molecule has 8 heteroatoms. The second-order valence-corrected chi connectivity index (χ2v) is 10.9. The summed E-state index contributed by atoms with van der Waals surface area (Å²) in [6, 6.07) is 9.60. The topological polar surface area (TPSA) is 109 Å². The van der Waals surface area contributed by atoms with E-state index in [0.717, 1.165) is 30.4 Å². The highest BCUT2D eigenvalue weighted by atomic mass is 32.2. The van der Waals surface area contributed by atoms with Crippen LogP contribution >= 0.6 is 0 Å². The van der Waals surface area contributed by atoms with E-state index in [0.29, 0.717) is 29.9 Å². The molecule has 0 bridgehead atoms. The fraction of sp³-hybridized carbons (Fsp3) is 0.429. The van der Waals surface area contributed by atoms with Gasteiger partial charge in [0.05, 0.1) is 9.79 Å². The molecule has 2 aromatic rings. The van der Waals surface area contributed by atoms with Gasteiger partial charge in [-0.15, -0.1) is 0 Å². The molecule has 0 spiro atoms. The molecule has 6 nitrogen and oxygen atoms in total. The highest BCUT2D eigenvalue weighted by molar-refractivity contribution is 7.86. The lowest BCUT2D eigenvalue weighted by Gasteiger charge is -2.20. The number of hydrogen-bond acceptors (Lipinski definition) is 4. The maximum absolute atomic E-state index is 11.8.